The number of esters is 1. The Kier molecular flexibility index (Phi) is 4.68. The summed E-state index contributed by atoms with van der Waals surface area (Å²) in [5.74, 6) is 1.81. The quantitative estimate of drug-likeness (QED) is 0.576. The molecule has 1 aliphatic heterocycles. The van der Waals surface area contributed by atoms with Gasteiger partial charge < -0.3 is 9.64 Å². The molecule has 0 N–H and O–H groups in total. The summed E-state index contributed by atoms with van der Waals surface area (Å²) in [4.78, 5) is 19.8. The molecule has 0 spiro atoms. The van der Waals surface area contributed by atoms with Gasteiger partial charge in [0, 0.05) is 11.6 Å². The summed E-state index contributed by atoms with van der Waals surface area (Å²) in [6, 6.07) is 16.1. The van der Waals surface area contributed by atoms with Gasteiger partial charge in [-0.15, -0.1) is 0 Å². The first-order chi connectivity index (χ1) is 12.6. The van der Waals surface area contributed by atoms with E-state index in [9.17, 15) is 4.79 Å². The molecule has 1 saturated carbocycles. The zero-order valence-corrected chi connectivity index (χ0v) is 15.4. The number of ether oxygens (including phenoxy) is 1. The van der Waals surface area contributed by atoms with Crippen molar-refractivity contribution in [1.82, 2.24) is 4.90 Å². The Hall–Kier alpha value is -2.33. The van der Waals surface area contributed by atoms with E-state index >= 15 is 0 Å². The molecule has 2 unspecified atom stereocenters. The van der Waals surface area contributed by atoms with Crippen LogP contribution < -0.4 is 4.74 Å². The minimum absolute atomic E-state index is 0.149. The number of carbonyl (C=O) groups excluding carboxylic acids is 1. The third kappa shape index (κ3) is 3.61. The summed E-state index contributed by atoms with van der Waals surface area (Å²) >= 11 is 6.05. The number of amidine groups is 1. The summed E-state index contributed by atoms with van der Waals surface area (Å²) in [6.45, 7) is 2.90. The number of hydrogen-bond donors (Lipinski definition) is 0. The molecule has 0 radical (unpaired) electrons. The fourth-order valence-electron chi connectivity index (χ4n) is 3.41. The van der Waals surface area contributed by atoms with E-state index in [1.807, 2.05) is 49.4 Å². The normalized spacial score (nSPS) is 22.2. The average molecular weight is 369 g/mol. The smallest absolute Gasteiger partial charge is 0.338 e. The van der Waals surface area contributed by atoms with Crippen LogP contribution in [-0.2, 0) is 4.79 Å². The molecule has 4 rings (SSSR count). The van der Waals surface area contributed by atoms with Crippen molar-refractivity contribution < 1.29 is 9.53 Å². The van der Waals surface area contributed by atoms with Gasteiger partial charge >= 0.3 is 5.97 Å². The lowest BCUT2D eigenvalue weighted by atomic mass is 9.99. The molecular formula is C21H21ClN2O2. The van der Waals surface area contributed by atoms with Gasteiger partial charge in [-0.1, -0.05) is 41.9 Å². The number of aliphatic imine (C=N–C) groups is 1. The van der Waals surface area contributed by atoms with Crippen LogP contribution in [0.2, 0.25) is 5.02 Å². The zero-order chi connectivity index (χ0) is 18.1. The van der Waals surface area contributed by atoms with E-state index in [4.69, 9.17) is 16.3 Å². The van der Waals surface area contributed by atoms with E-state index in [1.54, 1.807) is 12.1 Å². The molecule has 0 aromatic heterocycles. The van der Waals surface area contributed by atoms with Gasteiger partial charge in [-0.3, -0.25) is 4.99 Å². The van der Waals surface area contributed by atoms with Crippen LogP contribution >= 0.6 is 11.6 Å². The highest BCUT2D eigenvalue weighted by atomic mass is 35.5. The highest BCUT2D eigenvalue weighted by Crippen LogP contribution is 2.38. The number of rotatable bonds is 5. The highest BCUT2D eigenvalue weighted by Gasteiger charge is 2.42. The predicted octanol–water partition coefficient (Wildman–Crippen LogP) is 4.50. The summed E-state index contributed by atoms with van der Waals surface area (Å²) in [6.07, 6.45) is 2.49. The van der Waals surface area contributed by atoms with E-state index < -0.39 is 6.04 Å². The second-order valence-corrected chi connectivity index (χ2v) is 7.38. The summed E-state index contributed by atoms with van der Waals surface area (Å²) in [5, 5.41) is 0.682. The van der Waals surface area contributed by atoms with Crippen molar-refractivity contribution >= 4 is 23.4 Å². The van der Waals surface area contributed by atoms with Crippen molar-refractivity contribution in [3.8, 4) is 5.75 Å². The maximum Gasteiger partial charge on any atom is 0.338 e. The molecule has 1 fully saturated rings. The average Bonchev–Trinajstić information content (AvgIpc) is 3.40. The zero-order valence-electron chi connectivity index (χ0n) is 14.6. The van der Waals surface area contributed by atoms with Gasteiger partial charge in [0.05, 0.1) is 11.9 Å². The molecule has 0 amide bonds. The first-order valence-electron chi connectivity index (χ1n) is 8.95. The van der Waals surface area contributed by atoms with Crippen LogP contribution in [0.5, 0.6) is 5.75 Å². The van der Waals surface area contributed by atoms with E-state index in [0.29, 0.717) is 16.7 Å². The van der Waals surface area contributed by atoms with Gasteiger partial charge in [-0.05, 0) is 55.5 Å². The Balaban J connectivity index is 1.62. The Morgan fingerprint density at radius 2 is 1.85 bits per heavy atom. The van der Waals surface area contributed by atoms with Gasteiger partial charge in [-0.2, -0.15) is 0 Å². The molecule has 2 aromatic rings. The fraction of sp³-hybridized carbons (Fsp3) is 0.333. The SMILES string of the molecule is CC1=NC(C(=O)Oc2ccccc2)C(c2ccc(Cl)cc2)N1CC1CC1. The lowest BCUT2D eigenvalue weighted by Gasteiger charge is -2.29. The van der Waals surface area contributed by atoms with Crippen molar-refractivity contribution in [2.75, 3.05) is 6.54 Å². The molecule has 0 bridgehead atoms. The summed E-state index contributed by atoms with van der Waals surface area (Å²) in [7, 11) is 0. The van der Waals surface area contributed by atoms with Crippen LogP contribution in [0, 0.1) is 5.92 Å². The second kappa shape index (κ2) is 7.12. The standard InChI is InChI=1S/C21H21ClN2O2/c1-14-23-19(21(25)26-18-5-3-2-4-6-18)20(24(14)13-15-7-8-15)16-9-11-17(22)12-10-16/h2-6,9-12,15,19-20H,7-8,13H2,1H3. The van der Waals surface area contributed by atoms with E-state index in [-0.39, 0.29) is 12.0 Å². The van der Waals surface area contributed by atoms with E-state index in [1.165, 1.54) is 12.8 Å². The molecule has 134 valence electrons. The molecule has 4 nitrogen and oxygen atoms in total. The van der Waals surface area contributed by atoms with Crippen LogP contribution in [-0.4, -0.2) is 29.3 Å². The van der Waals surface area contributed by atoms with Gasteiger partial charge in [0.25, 0.3) is 0 Å². The highest BCUT2D eigenvalue weighted by molar-refractivity contribution is 6.30. The van der Waals surface area contributed by atoms with E-state index in [2.05, 4.69) is 9.89 Å². The molecule has 2 aliphatic rings. The van der Waals surface area contributed by atoms with Crippen molar-refractivity contribution in [3.63, 3.8) is 0 Å². The largest absolute Gasteiger partial charge is 0.425 e. The van der Waals surface area contributed by atoms with Crippen molar-refractivity contribution in [1.29, 1.82) is 0 Å². The molecular weight excluding hydrogens is 348 g/mol. The first kappa shape index (κ1) is 17.1. The third-order valence-electron chi connectivity index (χ3n) is 4.94. The van der Waals surface area contributed by atoms with Gasteiger partial charge in [0.15, 0.2) is 6.04 Å². The van der Waals surface area contributed by atoms with Gasteiger partial charge in [-0.25, -0.2) is 4.79 Å². The maximum absolute atomic E-state index is 12.9. The van der Waals surface area contributed by atoms with E-state index in [0.717, 1.165) is 17.9 Å². The Bertz CT molecular complexity index is 816. The summed E-state index contributed by atoms with van der Waals surface area (Å²) < 4.78 is 5.59. The number of para-hydroxylation sites is 1. The minimum Gasteiger partial charge on any atom is -0.425 e. The fourth-order valence-corrected chi connectivity index (χ4v) is 3.54. The Morgan fingerprint density at radius 3 is 2.50 bits per heavy atom. The molecule has 1 aliphatic carbocycles. The number of benzene rings is 2. The monoisotopic (exact) mass is 368 g/mol. The lowest BCUT2D eigenvalue weighted by molar-refractivity contribution is -0.136. The number of nitrogens with zero attached hydrogens (tertiary/aromatic N) is 2. The van der Waals surface area contributed by atoms with Crippen LogP contribution in [0.15, 0.2) is 59.6 Å². The second-order valence-electron chi connectivity index (χ2n) is 6.95. The number of halogens is 1. The molecule has 2 atom stereocenters. The van der Waals surface area contributed by atoms with Crippen LogP contribution in [0.3, 0.4) is 0 Å². The molecule has 0 saturated heterocycles. The summed E-state index contributed by atoms with van der Waals surface area (Å²) in [5.41, 5.74) is 1.03. The predicted molar refractivity (Wildman–Crippen MR) is 103 cm³/mol. The first-order valence-corrected chi connectivity index (χ1v) is 9.33. The van der Waals surface area contributed by atoms with Gasteiger partial charge in [0.2, 0.25) is 0 Å². The Morgan fingerprint density at radius 1 is 1.15 bits per heavy atom. The van der Waals surface area contributed by atoms with Crippen LogP contribution in [0.1, 0.15) is 31.4 Å². The minimum atomic E-state index is -0.574. The lowest BCUT2D eigenvalue weighted by Crippen LogP contribution is -2.37. The number of carbonyl (C=O) groups is 1. The van der Waals surface area contributed by atoms with Crippen molar-refractivity contribution in [2.45, 2.75) is 31.8 Å². The Labute approximate surface area is 158 Å². The maximum atomic E-state index is 12.9. The number of hydrogen-bond acceptors (Lipinski definition) is 4. The molecule has 26 heavy (non-hydrogen) atoms. The van der Waals surface area contributed by atoms with Crippen molar-refractivity contribution in [3.05, 3.63) is 65.2 Å². The van der Waals surface area contributed by atoms with Gasteiger partial charge in [0.1, 0.15) is 5.75 Å². The van der Waals surface area contributed by atoms with Crippen LogP contribution in [0.4, 0.5) is 0 Å². The molecule has 1 heterocycles. The molecule has 5 heteroatoms. The van der Waals surface area contributed by atoms with Crippen molar-refractivity contribution in [2.24, 2.45) is 10.9 Å². The third-order valence-corrected chi connectivity index (χ3v) is 5.19. The topological polar surface area (TPSA) is 41.9 Å². The van der Waals surface area contributed by atoms with Crippen LogP contribution in [0.25, 0.3) is 0 Å². The molecule has 2 aromatic carbocycles.